The van der Waals surface area contributed by atoms with Gasteiger partial charge in [-0.3, -0.25) is 0 Å². The van der Waals surface area contributed by atoms with Gasteiger partial charge in [0.25, 0.3) is 0 Å². The monoisotopic (exact) mass is 621 g/mol. The fourth-order valence-electron chi connectivity index (χ4n) is 7.61. The van der Waals surface area contributed by atoms with E-state index in [0.29, 0.717) is 0 Å². The van der Waals surface area contributed by atoms with Gasteiger partial charge in [-0.05, 0) is 93.4 Å². The predicted molar refractivity (Wildman–Crippen MR) is 202 cm³/mol. The quantitative estimate of drug-likeness (QED) is 0.176. The third-order valence-corrected chi connectivity index (χ3v) is 10.1. The number of para-hydroxylation sites is 1. The van der Waals surface area contributed by atoms with Crippen LogP contribution in [0.4, 0.5) is 17.1 Å². The minimum Gasteiger partial charge on any atom is -0.496 e. The van der Waals surface area contributed by atoms with Gasteiger partial charge in [-0.1, -0.05) is 135 Å². The SMILES string of the molecule is COc1ccccc1-c1ccc(N(c2ccc(-c3ccccc3)cc2)c2ccc3c(c2)C(C)(C)c2ccccc2-3)c(C2C=CC=CC2)c1. The molecule has 0 heterocycles. The summed E-state index contributed by atoms with van der Waals surface area (Å²) in [7, 11) is 1.75. The molecule has 2 nitrogen and oxygen atoms in total. The van der Waals surface area contributed by atoms with Crippen LogP contribution in [0.1, 0.15) is 42.9 Å². The van der Waals surface area contributed by atoms with E-state index < -0.39 is 0 Å². The third-order valence-electron chi connectivity index (χ3n) is 10.1. The Kier molecular flexibility index (Phi) is 7.57. The molecule has 2 heteroatoms. The van der Waals surface area contributed by atoms with E-state index in [1.807, 2.05) is 12.1 Å². The number of ether oxygens (including phenoxy) is 1. The predicted octanol–water partition coefficient (Wildman–Crippen LogP) is 12.4. The van der Waals surface area contributed by atoms with E-state index in [1.165, 1.54) is 44.6 Å². The molecule has 0 saturated carbocycles. The molecule has 0 N–H and O–H groups in total. The molecule has 1 unspecified atom stereocenters. The molecule has 0 spiro atoms. The summed E-state index contributed by atoms with van der Waals surface area (Å²) < 4.78 is 5.80. The van der Waals surface area contributed by atoms with Crippen LogP contribution in [0.3, 0.4) is 0 Å². The lowest BCUT2D eigenvalue weighted by atomic mass is 9.82. The molecular weight excluding hydrogens is 583 g/mol. The summed E-state index contributed by atoms with van der Waals surface area (Å²) in [6.07, 6.45) is 9.90. The lowest BCUT2D eigenvalue weighted by Crippen LogP contribution is -2.17. The molecule has 0 saturated heterocycles. The molecule has 0 radical (unpaired) electrons. The lowest BCUT2D eigenvalue weighted by molar-refractivity contribution is 0.416. The molecule has 48 heavy (non-hydrogen) atoms. The molecule has 0 aliphatic heterocycles. The average molecular weight is 622 g/mol. The van der Waals surface area contributed by atoms with Crippen molar-refractivity contribution in [3.05, 3.63) is 181 Å². The highest BCUT2D eigenvalue weighted by atomic mass is 16.5. The molecule has 0 aromatic heterocycles. The topological polar surface area (TPSA) is 12.5 Å². The number of benzene rings is 6. The largest absolute Gasteiger partial charge is 0.496 e. The summed E-state index contributed by atoms with van der Waals surface area (Å²) in [6.45, 7) is 4.71. The molecule has 0 bridgehead atoms. The maximum atomic E-state index is 5.80. The minimum absolute atomic E-state index is 0.0990. The van der Waals surface area contributed by atoms with Gasteiger partial charge in [-0.15, -0.1) is 0 Å². The first-order chi connectivity index (χ1) is 23.5. The van der Waals surface area contributed by atoms with Crippen LogP contribution in [-0.2, 0) is 5.41 Å². The number of fused-ring (bicyclic) bond motifs is 3. The summed E-state index contributed by atoms with van der Waals surface area (Å²) in [6, 6.07) is 50.8. The second kappa shape index (κ2) is 12.2. The minimum atomic E-state index is -0.0990. The first-order valence-corrected chi connectivity index (χ1v) is 16.8. The Labute approximate surface area is 284 Å². The van der Waals surface area contributed by atoms with E-state index in [-0.39, 0.29) is 11.3 Å². The van der Waals surface area contributed by atoms with E-state index in [2.05, 4.69) is 170 Å². The fraction of sp³-hybridized carbons (Fsp3) is 0.130. The highest BCUT2D eigenvalue weighted by molar-refractivity contribution is 5.87. The van der Waals surface area contributed by atoms with Crippen LogP contribution >= 0.6 is 0 Å². The van der Waals surface area contributed by atoms with Gasteiger partial charge >= 0.3 is 0 Å². The Bertz CT molecular complexity index is 2170. The fourth-order valence-corrected chi connectivity index (χ4v) is 7.61. The average Bonchev–Trinajstić information content (AvgIpc) is 3.38. The number of hydrogen-bond acceptors (Lipinski definition) is 2. The van der Waals surface area contributed by atoms with Crippen molar-refractivity contribution >= 4 is 17.1 Å². The van der Waals surface area contributed by atoms with Crippen molar-refractivity contribution in [3.8, 4) is 39.1 Å². The Hall–Kier alpha value is -5.60. The van der Waals surface area contributed by atoms with Gasteiger partial charge < -0.3 is 9.64 Å². The summed E-state index contributed by atoms with van der Waals surface area (Å²) in [5, 5.41) is 0. The maximum Gasteiger partial charge on any atom is 0.126 e. The molecular formula is C46H39NO. The van der Waals surface area contributed by atoms with Gasteiger partial charge in [0.2, 0.25) is 0 Å². The van der Waals surface area contributed by atoms with Crippen LogP contribution < -0.4 is 9.64 Å². The standard InChI is InChI=1S/C46H39NO/c1-46(2)42-20-12-10-19-39(42)40-28-27-37(31-43(40)46)47(36-25-22-33(23-26-36)32-14-6-4-7-15-32)44-29-24-35(38-18-11-13-21-45(38)48-3)30-41(44)34-16-8-5-9-17-34/h4-16,18-31,34H,17H2,1-3H3. The van der Waals surface area contributed by atoms with E-state index in [0.717, 1.165) is 34.7 Å². The van der Waals surface area contributed by atoms with Crippen LogP contribution in [0.15, 0.2) is 164 Å². The Morgan fingerprint density at radius 1 is 0.583 bits per heavy atom. The van der Waals surface area contributed by atoms with Crippen LogP contribution in [0, 0.1) is 0 Å². The molecule has 6 aromatic carbocycles. The zero-order valence-electron chi connectivity index (χ0n) is 27.7. The van der Waals surface area contributed by atoms with E-state index >= 15 is 0 Å². The van der Waals surface area contributed by atoms with Gasteiger partial charge in [0, 0.05) is 34.0 Å². The van der Waals surface area contributed by atoms with Crippen molar-refractivity contribution < 1.29 is 4.74 Å². The number of hydrogen-bond donors (Lipinski definition) is 0. The van der Waals surface area contributed by atoms with E-state index in [1.54, 1.807) is 7.11 Å². The number of methoxy groups -OCH3 is 1. The smallest absolute Gasteiger partial charge is 0.126 e. The zero-order chi connectivity index (χ0) is 32.7. The molecule has 2 aliphatic carbocycles. The molecule has 2 aliphatic rings. The molecule has 6 aromatic rings. The van der Waals surface area contributed by atoms with Crippen molar-refractivity contribution in [1.82, 2.24) is 0 Å². The highest BCUT2D eigenvalue weighted by Gasteiger charge is 2.36. The summed E-state index contributed by atoms with van der Waals surface area (Å²) >= 11 is 0. The van der Waals surface area contributed by atoms with Gasteiger partial charge in [0.05, 0.1) is 7.11 Å². The van der Waals surface area contributed by atoms with Crippen LogP contribution in [0.5, 0.6) is 5.75 Å². The van der Waals surface area contributed by atoms with E-state index in [4.69, 9.17) is 4.74 Å². The Morgan fingerprint density at radius 2 is 1.25 bits per heavy atom. The van der Waals surface area contributed by atoms with Crippen LogP contribution in [0.2, 0.25) is 0 Å². The molecule has 1 atom stereocenters. The first kappa shape index (κ1) is 29.8. The van der Waals surface area contributed by atoms with Crippen LogP contribution in [-0.4, -0.2) is 7.11 Å². The number of nitrogens with zero attached hydrogens (tertiary/aromatic N) is 1. The molecule has 8 rings (SSSR count). The number of rotatable bonds is 7. The molecule has 0 amide bonds. The second-order valence-corrected chi connectivity index (χ2v) is 13.3. The van der Waals surface area contributed by atoms with Gasteiger partial charge in [0.1, 0.15) is 5.75 Å². The first-order valence-electron chi connectivity index (χ1n) is 16.8. The second-order valence-electron chi connectivity index (χ2n) is 13.3. The maximum absolute atomic E-state index is 5.80. The van der Waals surface area contributed by atoms with Gasteiger partial charge in [0.15, 0.2) is 0 Å². The van der Waals surface area contributed by atoms with E-state index in [9.17, 15) is 0 Å². The molecule has 0 fully saturated rings. The van der Waals surface area contributed by atoms with Gasteiger partial charge in [-0.2, -0.15) is 0 Å². The number of anilines is 3. The third kappa shape index (κ3) is 5.15. The Balaban J connectivity index is 1.33. The van der Waals surface area contributed by atoms with Crippen molar-refractivity contribution in [2.24, 2.45) is 0 Å². The summed E-state index contributed by atoms with van der Waals surface area (Å²) in [4.78, 5) is 2.46. The van der Waals surface area contributed by atoms with Crippen LogP contribution in [0.25, 0.3) is 33.4 Å². The van der Waals surface area contributed by atoms with Crippen molar-refractivity contribution in [3.63, 3.8) is 0 Å². The zero-order valence-corrected chi connectivity index (χ0v) is 27.7. The van der Waals surface area contributed by atoms with Crippen molar-refractivity contribution in [2.75, 3.05) is 12.0 Å². The summed E-state index contributed by atoms with van der Waals surface area (Å²) in [5.74, 6) is 1.12. The summed E-state index contributed by atoms with van der Waals surface area (Å²) in [5.41, 5.74) is 14.7. The highest BCUT2D eigenvalue weighted by Crippen LogP contribution is 2.51. The Morgan fingerprint density at radius 3 is 2.02 bits per heavy atom. The molecule has 234 valence electrons. The van der Waals surface area contributed by atoms with Crippen molar-refractivity contribution in [2.45, 2.75) is 31.6 Å². The number of allylic oxidation sites excluding steroid dienone is 4. The van der Waals surface area contributed by atoms with Crippen molar-refractivity contribution in [1.29, 1.82) is 0 Å². The normalized spacial score (nSPS) is 15.5. The van der Waals surface area contributed by atoms with Gasteiger partial charge in [-0.25, -0.2) is 0 Å². The lowest BCUT2D eigenvalue weighted by Gasteiger charge is -2.32.